The zero-order chi connectivity index (χ0) is 16.2. The van der Waals surface area contributed by atoms with Gasteiger partial charge in [0.15, 0.2) is 10.8 Å². The van der Waals surface area contributed by atoms with E-state index in [1.807, 2.05) is 36.4 Å². The van der Waals surface area contributed by atoms with Crippen LogP contribution in [0.3, 0.4) is 0 Å². The molecule has 23 heavy (non-hydrogen) atoms. The first-order chi connectivity index (χ1) is 11.1. The van der Waals surface area contributed by atoms with Crippen molar-refractivity contribution in [2.24, 2.45) is 0 Å². The van der Waals surface area contributed by atoms with Gasteiger partial charge in [0.05, 0.1) is 10.6 Å². The number of aromatic carboxylic acids is 1. The van der Waals surface area contributed by atoms with Gasteiger partial charge in [0.25, 0.3) is 0 Å². The van der Waals surface area contributed by atoms with Crippen molar-refractivity contribution in [1.29, 1.82) is 0 Å². The molecule has 0 aliphatic heterocycles. The predicted octanol–water partition coefficient (Wildman–Crippen LogP) is 3.78. The van der Waals surface area contributed by atoms with Crippen molar-refractivity contribution in [1.82, 2.24) is 9.97 Å². The SMILES string of the molecule is Nc1nc(C(=O)O)c(-c2cccnc2CSc2ccccc2)s1. The molecule has 0 saturated carbocycles. The normalized spacial score (nSPS) is 10.6. The molecule has 0 atom stereocenters. The average Bonchev–Trinajstić information content (AvgIpc) is 2.96. The van der Waals surface area contributed by atoms with Crippen LogP contribution in [-0.2, 0) is 5.75 Å². The third kappa shape index (κ3) is 3.52. The molecule has 3 rings (SSSR count). The molecule has 0 saturated heterocycles. The molecule has 116 valence electrons. The summed E-state index contributed by atoms with van der Waals surface area (Å²) >= 11 is 2.81. The van der Waals surface area contributed by atoms with Gasteiger partial charge in [-0.25, -0.2) is 9.78 Å². The number of benzene rings is 1. The molecular formula is C16H13N3O2S2. The molecule has 0 aliphatic rings. The monoisotopic (exact) mass is 343 g/mol. The van der Waals surface area contributed by atoms with Gasteiger partial charge in [0, 0.05) is 22.4 Å². The Bertz CT molecular complexity index is 834. The van der Waals surface area contributed by atoms with E-state index in [1.165, 1.54) is 11.3 Å². The van der Waals surface area contributed by atoms with Gasteiger partial charge in [0.2, 0.25) is 0 Å². The van der Waals surface area contributed by atoms with E-state index in [9.17, 15) is 9.90 Å². The first-order valence-corrected chi connectivity index (χ1v) is 8.57. The number of anilines is 1. The molecule has 5 nitrogen and oxygen atoms in total. The van der Waals surface area contributed by atoms with Crippen molar-refractivity contribution in [3.63, 3.8) is 0 Å². The van der Waals surface area contributed by atoms with Crippen LogP contribution >= 0.6 is 23.1 Å². The number of carboxylic acid groups (broad SMARTS) is 1. The minimum Gasteiger partial charge on any atom is -0.476 e. The number of rotatable bonds is 5. The maximum Gasteiger partial charge on any atom is 0.356 e. The molecule has 0 fully saturated rings. The first-order valence-electron chi connectivity index (χ1n) is 6.77. The molecule has 2 aromatic heterocycles. The number of thioether (sulfide) groups is 1. The van der Waals surface area contributed by atoms with E-state index in [0.29, 0.717) is 10.6 Å². The third-order valence-corrected chi connectivity index (χ3v) is 5.04. The fourth-order valence-corrected chi connectivity index (χ4v) is 3.85. The minimum atomic E-state index is -1.08. The van der Waals surface area contributed by atoms with Crippen molar-refractivity contribution >= 4 is 34.2 Å². The summed E-state index contributed by atoms with van der Waals surface area (Å²) in [5.41, 5.74) is 7.25. The second-order valence-electron chi connectivity index (χ2n) is 4.63. The molecule has 3 N–H and O–H groups in total. The topological polar surface area (TPSA) is 89.1 Å². The zero-order valence-corrected chi connectivity index (χ0v) is 13.6. The molecule has 2 heterocycles. The molecule has 0 spiro atoms. The Kier molecular flexibility index (Phi) is 4.59. The molecule has 1 aromatic carbocycles. The van der Waals surface area contributed by atoms with Crippen molar-refractivity contribution in [3.05, 3.63) is 60.0 Å². The Morgan fingerprint density at radius 3 is 2.74 bits per heavy atom. The van der Waals surface area contributed by atoms with E-state index in [2.05, 4.69) is 9.97 Å². The van der Waals surface area contributed by atoms with E-state index in [4.69, 9.17) is 5.73 Å². The van der Waals surface area contributed by atoms with Gasteiger partial charge in [-0.05, 0) is 18.2 Å². The Labute approximate surface area is 141 Å². The molecule has 0 bridgehead atoms. The molecule has 7 heteroatoms. The summed E-state index contributed by atoms with van der Waals surface area (Å²) < 4.78 is 0. The number of nitrogens with two attached hydrogens (primary N) is 1. The van der Waals surface area contributed by atoms with Crippen LogP contribution in [-0.4, -0.2) is 21.0 Å². The van der Waals surface area contributed by atoms with Gasteiger partial charge in [0.1, 0.15) is 0 Å². The molecule has 0 radical (unpaired) electrons. The fourth-order valence-electron chi connectivity index (χ4n) is 2.09. The van der Waals surface area contributed by atoms with Crippen LogP contribution in [0, 0.1) is 0 Å². The van der Waals surface area contributed by atoms with Crippen LogP contribution in [0.25, 0.3) is 10.4 Å². The van der Waals surface area contributed by atoms with Crippen LogP contribution < -0.4 is 5.73 Å². The highest BCUT2D eigenvalue weighted by molar-refractivity contribution is 7.98. The number of nitrogen functional groups attached to an aromatic ring is 1. The number of hydrogen-bond donors (Lipinski definition) is 2. The van der Waals surface area contributed by atoms with Crippen molar-refractivity contribution < 1.29 is 9.90 Å². The molecule has 0 unspecified atom stereocenters. The van der Waals surface area contributed by atoms with Crippen LogP contribution in [0.2, 0.25) is 0 Å². The van der Waals surface area contributed by atoms with Crippen molar-refractivity contribution in [2.75, 3.05) is 5.73 Å². The summed E-state index contributed by atoms with van der Waals surface area (Å²) in [4.78, 5) is 21.4. The maximum atomic E-state index is 11.4. The lowest BCUT2D eigenvalue weighted by molar-refractivity contribution is 0.0692. The summed E-state index contributed by atoms with van der Waals surface area (Å²) in [6, 6.07) is 13.6. The lowest BCUT2D eigenvalue weighted by atomic mass is 10.1. The maximum absolute atomic E-state index is 11.4. The summed E-state index contributed by atoms with van der Waals surface area (Å²) in [5, 5.41) is 9.54. The van der Waals surface area contributed by atoms with Gasteiger partial charge in [-0.2, -0.15) is 0 Å². The van der Waals surface area contributed by atoms with Crippen LogP contribution in [0.15, 0.2) is 53.6 Å². The Balaban J connectivity index is 1.94. The largest absolute Gasteiger partial charge is 0.476 e. The Morgan fingerprint density at radius 2 is 2.00 bits per heavy atom. The highest BCUT2D eigenvalue weighted by atomic mass is 32.2. The number of thiazole rings is 1. The summed E-state index contributed by atoms with van der Waals surface area (Å²) in [5.74, 6) is -0.449. The lowest BCUT2D eigenvalue weighted by Crippen LogP contribution is -2.01. The second-order valence-corrected chi connectivity index (χ2v) is 6.71. The van der Waals surface area contributed by atoms with Gasteiger partial charge >= 0.3 is 5.97 Å². The number of pyridine rings is 1. The van der Waals surface area contributed by atoms with Gasteiger partial charge in [-0.15, -0.1) is 11.8 Å². The highest BCUT2D eigenvalue weighted by Gasteiger charge is 2.20. The quantitative estimate of drug-likeness (QED) is 0.685. The van der Waals surface area contributed by atoms with Gasteiger partial charge in [-0.1, -0.05) is 35.6 Å². The molecule has 3 aromatic rings. The third-order valence-electron chi connectivity index (χ3n) is 3.10. The number of carbonyl (C=O) groups is 1. The first kappa shape index (κ1) is 15.5. The van der Waals surface area contributed by atoms with Crippen LogP contribution in [0.4, 0.5) is 5.13 Å². The Morgan fingerprint density at radius 1 is 1.22 bits per heavy atom. The second kappa shape index (κ2) is 6.80. The number of nitrogens with zero attached hydrogens (tertiary/aromatic N) is 2. The molecule has 0 aliphatic carbocycles. The Hall–Kier alpha value is -2.38. The van der Waals surface area contributed by atoms with Crippen molar-refractivity contribution in [3.8, 4) is 10.4 Å². The lowest BCUT2D eigenvalue weighted by Gasteiger charge is -2.07. The number of aromatic nitrogens is 2. The fraction of sp³-hybridized carbons (Fsp3) is 0.0625. The predicted molar refractivity (Wildman–Crippen MR) is 92.7 cm³/mol. The summed E-state index contributed by atoms with van der Waals surface area (Å²) in [6.07, 6.45) is 1.70. The van der Waals surface area contributed by atoms with E-state index in [1.54, 1.807) is 24.0 Å². The van der Waals surface area contributed by atoms with Crippen LogP contribution in [0.1, 0.15) is 16.2 Å². The minimum absolute atomic E-state index is 0.0218. The zero-order valence-electron chi connectivity index (χ0n) is 12.0. The van der Waals surface area contributed by atoms with E-state index >= 15 is 0 Å². The summed E-state index contributed by atoms with van der Waals surface area (Å²) in [6.45, 7) is 0. The van der Waals surface area contributed by atoms with Crippen LogP contribution in [0.5, 0.6) is 0 Å². The number of hydrogen-bond acceptors (Lipinski definition) is 6. The molecule has 0 amide bonds. The smallest absolute Gasteiger partial charge is 0.356 e. The van der Waals surface area contributed by atoms with E-state index in [0.717, 1.165) is 16.2 Å². The average molecular weight is 343 g/mol. The number of carboxylic acids is 1. The van der Waals surface area contributed by atoms with E-state index in [-0.39, 0.29) is 10.8 Å². The van der Waals surface area contributed by atoms with E-state index < -0.39 is 5.97 Å². The summed E-state index contributed by atoms with van der Waals surface area (Å²) in [7, 11) is 0. The standard InChI is InChI=1S/C16H13N3O2S2/c17-16-19-13(15(20)21)14(23-16)11-7-4-8-18-12(11)9-22-10-5-2-1-3-6-10/h1-8H,9H2,(H2,17,19)(H,20,21). The van der Waals surface area contributed by atoms with Gasteiger partial charge in [-0.3, -0.25) is 4.98 Å². The highest BCUT2D eigenvalue weighted by Crippen LogP contribution is 2.35. The molecular weight excluding hydrogens is 330 g/mol. The van der Waals surface area contributed by atoms with Gasteiger partial charge < -0.3 is 10.8 Å². The van der Waals surface area contributed by atoms with Crippen molar-refractivity contribution in [2.45, 2.75) is 10.6 Å².